The van der Waals surface area contributed by atoms with Crippen molar-refractivity contribution in [3.8, 4) is 10.4 Å². The molecule has 5 nitrogen and oxygen atoms in total. The Kier molecular flexibility index (Phi) is 8.54. The van der Waals surface area contributed by atoms with Gasteiger partial charge in [-0.1, -0.05) is 72.8 Å². The Balaban J connectivity index is 0.745. The molecule has 0 radical (unpaired) electrons. The van der Waals surface area contributed by atoms with Gasteiger partial charge in [-0.05, 0) is 72.1 Å². The Hall–Kier alpha value is -2.94. The van der Waals surface area contributed by atoms with Crippen molar-refractivity contribution in [2.24, 2.45) is 10.8 Å². The summed E-state index contributed by atoms with van der Waals surface area (Å²) in [5, 5.41) is 16.1. The Labute approximate surface area is 276 Å². The van der Waals surface area contributed by atoms with Gasteiger partial charge in [0.2, 0.25) is 0 Å². The van der Waals surface area contributed by atoms with E-state index in [-0.39, 0.29) is 5.82 Å². The van der Waals surface area contributed by atoms with Crippen molar-refractivity contribution < 1.29 is 4.39 Å². The molecular formula is C39H46FN5S. The zero-order chi connectivity index (χ0) is 31.0. The molecule has 4 fully saturated rings. The minimum Gasteiger partial charge on any atom is -0.313 e. The highest BCUT2D eigenvalue weighted by atomic mass is 32.1. The van der Waals surface area contributed by atoms with Gasteiger partial charge in [0.1, 0.15) is 10.8 Å². The van der Waals surface area contributed by atoms with Gasteiger partial charge in [-0.3, -0.25) is 0 Å². The van der Waals surface area contributed by atoms with Crippen LogP contribution in [-0.2, 0) is 13.1 Å². The molecule has 0 amide bonds. The van der Waals surface area contributed by atoms with Crippen molar-refractivity contribution in [2.75, 3.05) is 26.2 Å². The fourth-order valence-corrected chi connectivity index (χ4v) is 8.01. The number of hydrogen-bond acceptors (Lipinski definition) is 6. The molecule has 4 aliphatic rings. The van der Waals surface area contributed by atoms with Crippen LogP contribution in [0.2, 0.25) is 0 Å². The topological polar surface area (TPSA) is 61.0 Å². The maximum Gasteiger partial charge on any atom is 0.127 e. The van der Waals surface area contributed by atoms with E-state index in [1.54, 1.807) is 6.07 Å². The Bertz CT molecular complexity index is 1610. The molecule has 4 N–H and O–H groups in total. The quantitative estimate of drug-likeness (QED) is 0.101. The van der Waals surface area contributed by atoms with Crippen LogP contribution in [0, 0.1) is 16.6 Å². The van der Waals surface area contributed by atoms with Crippen molar-refractivity contribution in [2.45, 2.75) is 75.5 Å². The summed E-state index contributed by atoms with van der Waals surface area (Å²) in [6, 6.07) is 28.4. The third-order valence-corrected chi connectivity index (χ3v) is 12.0. The van der Waals surface area contributed by atoms with Crippen LogP contribution in [0.3, 0.4) is 0 Å². The van der Waals surface area contributed by atoms with Gasteiger partial charge in [-0.15, -0.1) is 11.3 Å². The van der Waals surface area contributed by atoms with Gasteiger partial charge >= 0.3 is 0 Å². The molecule has 1 heterocycles. The number of benzene rings is 3. The minimum atomic E-state index is -0.121. The summed E-state index contributed by atoms with van der Waals surface area (Å²) in [7, 11) is 0. The van der Waals surface area contributed by atoms with Gasteiger partial charge in [0.25, 0.3) is 0 Å². The summed E-state index contributed by atoms with van der Waals surface area (Å²) in [5.74, 6) is 1.18. The number of thiazole rings is 1. The van der Waals surface area contributed by atoms with Gasteiger partial charge in [0, 0.05) is 74.9 Å². The van der Waals surface area contributed by atoms with Crippen molar-refractivity contribution in [3.63, 3.8) is 0 Å². The van der Waals surface area contributed by atoms with Crippen LogP contribution in [0.15, 0.2) is 85.1 Å². The van der Waals surface area contributed by atoms with Gasteiger partial charge in [-0.2, -0.15) is 0 Å². The van der Waals surface area contributed by atoms with Crippen molar-refractivity contribution in [1.29, 1.82) is 0 Å². The van der Waals surface area contributed by atoms with Crippen LogP contribution in [0.4, 0.5) is 4.39 Å². The third-order valence-electron chi connectivity index (χ3n) is 10.9. The van der Waals surface area contributed by atoms with Gasteiger partial charge in [-0.25, -0.2) is 9.37 Å². The third kappa shape index (κ3) is 7.29. The van der Waals surface area contributed by atoms with Crippen LogP contribution in [0.1, 0.15) is 72.1 Å². The Morgan fingerprint density at radius 3 is 1.89 bits per heavy atom. The van der Waals surface area contributed by atoms with Gasteiger partial charge in [0.15, 0.2) is 0 Å². The summed E-state index contributed by atoms with van der Waals surface area (Å²) in [6.07, 6.45) is 9.65. The first kappa shape index (κ1) is 30.4. The second-order valence-electron chi connectivity index (χ2n) is 14.6. The highest BCUT2D eigenvalue weighted by molar-refractivity contribution is 7.15. The van der Waals surface area contributed by atoms with Crippen LogP contribution in [0.25, 0.3) is 10.4 Å². The highest BCUT2D eigenvalue weighted by Crippen LogP contribution is 2.48. The Morgan fingerprint density at radius 1 is 0.674 bits per heavy atom. The van der Waals surface area contributed by atoms with E-state index < -0.39 is 0 Å². The summed E-state index contributed by atoms with van der Waals surface area (Å²) >= 11 is 1.81. The molecule has 0 unspecified atom stereocenters. The van der Waals surface area contributed by atoms with Crippen molar-refractivity contribution in [3.05, 3.63) is 113 Å². The summed E-state index contributed by atoms with van der Waals surface area (Å²) in [6.45, 7) is 5.61. The summed E-state index contributed by atoms with van der Waals surface area (Å²) in [5.41, 5.74) is 5.68. The molecule has 0 aliphatic heterocycles. The van der Waals surface area contributed by atoms with E-state index in [0.717, 1.165) is 43.3 Å². The SMILES string of the molecule is Fc1ccccc1CNCC1(CN[C@H]2C[C@@H]2c2ccc(-c3cnc(CNCC4(CN[C@H]5C[C@@H]5c5ccccc5)CC4)s3)cc2)CC1. The van der Waals surface area contributed by atoms with Crippen molar-refractivity contribution in [1.82, 2.24) is 26.3 Å². The molecule has 4 aromatic rings. The van der Waals surface area contributed by atoms with Crippen LogP contribution in [-0.4, -0.2) is 43.2 Å². The molecule has 0 spiro atoms. The lowest BCUT2D eigenvalue weighted by molar-refractivity contribution is 0.417. The van der Waals surface area contributed by atoms with Crippen LogP contribution in [0.5, 0.6) is 0 Å². The number of nitrogens with zero attached hydrogens (tertiary/aromatic N) is 1. The first-order valence-electron chi connectivity index (χ1n) is 17.3. The number of aromatic nitrogens is 1. The lowest BCUT2D eigenvalue weighted by Crippen LogP contribution is -2.34. The maximum absolute atomic E-state index is 13.9. The average Bonchev–Trinajstić information content (AvgIpc) is 3.92. The monoisotopic (exact) mass is 635 g/mol. The summed E-state index contributed by atoms with van der Waals surface area (Å²) in [4.78, 5) is 5.99. The highest BCUT2D eigenvalue weighted by Gasteiger charge is 2.46. The second kappa shape index (κ2) is 12.9. The zero-order valence-corrected chi connectivity index (χ0v) is 27.4. The molecule has 4 saturated carbocycles. The largest absolute Gasteiger partial charge is 0.313 e. The Morgan fingerprint density at radius 2 is 1.26 bits per heavy atom. The zero-order valence-electron chi connectivity index (χ0n) is 26.6. The van der Waals surface area contributed by atoms with E-state index in [1.807, 2.05) is 29.7 Å². The van der Waals surface area contributed by atoms with Crippen LogP contribution < -0.4 is 21.3 Å². The molecule has 0 bridgehead atoms. The van der Waals surface area contributed by atoms with E-state index in [0.29, 0.717) is 41.3 Å². The fourth-order valence-electron chi connectivity index (χ4n) is 7.12. The molecule has 0 saturated heterocycles. The number of halogens is 1. The number of hydrogen-bond donors (Lipinski definition) is 4. The van der Waals surface area contributed by atoms with Crippen LogP contribution >= 0.6 is 11.3 Å². The molecular weight excluding hydrogens is 590 g/mol. The molecule has 4 atom stereocenters. The lowest BCUT2D eigenvalue weighted by atomic mass is 10.1. The van der Waals surface area contributed by atoms with Crippen molar-refractivity contribution >= 4 is 11.3 Å². The second-order valence-corrected chi connectivity index (χ2v) is 15.7. The smallest absolute Gasteiger partial charge is 0.127 e. The van der Waals surface area contributed by atoms with Gasteiger partial charge < -0.3 is 21.3 Å². The summed E-state index contributed by atoms with van der Waals surface area (Å²) < 4.78 is 13.9. The number of nitrogens with one attached hydrogen (secondary N) is 4. The molecule has 3 aromatic carbocycles. The minimum absolute atomic E-state index is 0.121. The average molecular weight is 636 g/mol. The normalized spacial score (nSPS) is 24.9. The molecule has 4 aliphatic carbocycles. The molecule has 1 aromatic heterocycles. The van der Waals surface area contributed by atoms with E-state index >= 15 is 0 Å². The molecule has 8 rings (SSSR count). The van der Waals surface area contributed by atoms with E-state index in [1.165, 1.54) is 66.2 Å². The first-order chi connectivity index (χ1) is 22.6. The predicted molar refractivity (Wildman–Crippen MR) is 185 cm³/mol. The molecule has 7 heteroatoms. The van der Waals surface area contributed by atoms with E-state index in [9.17, 15) is 4.39 Å². The fraction of sp³-hybridized carbons (Fsp3) is 0.462. The van der Waals surface area contributed by atoms with Gasteiger partial charge in [0.05, 0.1) is 4.88 Å². The van der Waals surface area contributed by atoms with E-state index in [2.05, 4.69) is 75.9 Å². The van der Waals surface area contributed by atoms with E-state index in [4.69, 9.17) is 4.98 Å². The standard InChI is InChI=1S/C39H46FN5S/c40-33-9-5-4-8-30(33)20-41-23-38(14-15-38)25-45-35-19-32(35)28-10-12-29(13-11-28)36-21-43-37(46-36)22-42-24-39(16-17-39)26-44-34-18-31(34)27-6-2-1-3-7-27/h1-13,21,31-32,34-35,41-42,44-45H,14-20,22-26H2/t31-,32-,34+,35+/m1/s1. The first-order valence-corrected chi connectivity index (χ1v) is 18.1. The predicted octanol–water partition coefficient (Wildman–Crippen LogP) is 6.98. The lowest BCUT2D eigenvalue weighted by Gasteiger charge is -2.17. The molecule has 240 valence electrons. The number of rotatable bonds is 17. The maximum atomic E-state index is 13.9. The molecule has 46 heavy (non-hydrogen) atoms.